The molecule has 2 heteroatoms. The van der Waals surface area contributed by atoms with Gasteiger partial charge in [-0.1, -0.05) is 11.6 Å². The van der Waals surface area contributed by atoms with Crippen LogP contribution in [0.1, 0.15) is 25.0 Å². The van der Waals surface area contributed by atoms with E-state index in [-0.39, 0.29) is 0 Å². The second-order valence-electron chi connectivity index (χ2n) is 3.80. The third kappa shape index (κ3) is 3.47. The Hall–Kier alpha value is -1.75. The molecule has 1 aromatic rings. The van der Waals surface area contributed by atoms with Gasteiger partial charge in [0.25, 0.3) is 0 Å². The Morgan fingerprint density at radius 3 is 2.73 bits per heavy atom. The smallest absolute Gasteiger partial charge is 0.0994 e. The largest absolute Gasteiger partial charge is 0.382 e. The van der Waals surface area contributed by atoms with E-state index in [2.05, 4.69) is 31.3 Å². The van der Waals surface area contributed by atoms with Crippen LogP contribution in [0.4, 0.5) is 5.69 Å². The van der Waals surface area contributed by atoms with Crippen molar-refractivity contribution in [3.05, 3.63) is 41.0 Å². The maximum absolute atomic E-state index is 8.78. The predicted molar refractivity (Wildman–Crippen MR) is 63.8 cm³/mol. The van der Waals surface area contributed by atoms with Gasteiger partial charge in [0.1, 0.15) is 0 Å². The van der Waals surface area contributed by atoms with E-state index >= 15 is 0 Å². The summed E-state index contributed by atoms with van der Waals surface area (Å²) in [4.78, 5) is 0. The first-order valence-corrected chi connectivity index (χ1v) is 5.01. The fourth-order valence-corrected chi connectivity index (χ4v) is 1.27. The molecule has 2 nitrogen and oxygen atoms in total. The number of nitrogens with zero attached hydrogens (tertiary/aromatic N) is 1. The van der Waals surface area contributed by atoms with Crippen molar-refractivity contribution in [1.29, 1.82) is 5.26 Å². The van der Waals surface area contributed by atoms with Crippen molar-refractivity contribution in [2.45, 2.75) is 20.8 Å². The number of anilines is 1. The van der Waals surface area contributed by atoms with Crippen molar-refractivity contribution in [2.75, 3.05) is 11.9 Å². The summed E-state index contributed by atoms with van der Waals surface area (Å²) < 4.78 is 0. The molecule has 0 aliphatic heterocycles. The summed E-state index contributed by atoms with van der Waals surface area (Å²) in [5.41, 5.74) is 4.11. The minimum absolute atomic E-state index is 0.739. The Balaban J connectivity index is 2.69. The summed E-state index contributed by atoms with van der Waals surface area (Å²) in [6.45, 7) is 6.93. The second kappa shape index (κ2) is 5.21. The molecular weight excluding hydrogens is 184 g/mol. The van der Waals surface area contributed by atoms with Crippen molar-refractivity contribution in [2.24, 2.45) is 0 Å². The Bertz CT molecular complexity index is 407. The van der Waals surface area contributed by atoms with E-state index in [1.165, 1.54) is 5.57 Å². The third-order valence-electron chi connectivity index (χ3n) is 2.16. The van der Waals surface area contributed by atoms with Crippen LogP contribution in [0.3, 0.4) is 0 Å². The van der Waals surface area contributed by atoms with Crippen LogP contribution in [0.2, 0.25) is 0 Å². The maximum Gasteiger partial charge on any atom is 0.0994 e. The summed E-state index contributed by atoms with van der Waals surface area (Å²) in [7, 11) is 0. The lowest BCUT2D eigenvalue weighted by atomic mass is 10.1. The van der Waals surface area contributed by atoms with E-state index < -0.39 is 0 Å². The molecule has 0 saturated heterocycles. The number of rotatable bonds is 3. The van der Waals surface area contributed by atoms with Crippen LogP contribution in [0, 0.1) is 18.3 Å². The minimum Gasteiger partial charge on any atom is -0.382 e. The van der Waals surface area contributed by atoms with Gasteiger partial charge in [-0.05, 0) is 44.5 Å². The zero-order chi connectivity index (χ0) is 11.3. The number of nitriles is 1. The van der Waals surface area contributed by atoms with Gasteiger partial charge >= 0.3 is 0 Å². The quantitative estimate of drug-likeness (QED) is 0.760. The normalized spacial score (nSPS) is 9.20. The number of hydrogen-bond donors (Lipinski definition) is 1. The lowest BCUT2D eigenvalue weighted by molar-refractivity contribution is 1.26. The molecule has 0 atom stereocenters. The monoisotopic (exact) mass is 200 g/mol. The summed E-state index contributed by atoms with van der Waals surface area (Å²) in [5.74, 6) is 0. The molecule has 0 aliphatic carbocycles. The van der Waals surface area contributed by atoms with Gasteiger partial charge in [-0.2, -0.15) is 5.26 Å². The van der Waals surface area contributed by atoms with Gasteiger partial charge in [0.15, 0.2) is 0 Å². The van der Waals surface area contributed by atoms with E-state index in [9.17, 15) is 0 Å². The Kier molecular flexibility index (Phi) is 3.93. The molecule has 1 rings (SSSR count). The van der Waals surface area contributed by atoms with E-state index in [4.69, 9.17) is 5.26 Å². The van der Waals surface area contributed by atoms with Crippen LogP contribution in [-0.2, 0) is 0 Å². The van der Waals surface area contributed by atoms with Crippen LogP contribution in [0.15, 0.2) is 29.8 Å². The minimum atomic E-state index is 0.739. The Labute approximate surface area is 91.2 Å². The van der Waals surface area contributed by atoms with Gasteiger partial charge in [-0.15, -0.1) is 0 Å². The van der Waals surface area contributed by atoms with E-state index in [0.29, 0.717) is 0 Å². The summed E-state index contributed by atoms with van der Waals surface area (Å²) >= 11 is 0. The molecular formula is C13H16N2. The van der Waals surface area contributed by atoms with Gasteiger partial charge in [0.05, 0.1) is 11.6 Å². The summed E-state index contributed by atoms with van der Waals surface area (Å²) in [6.07, 6.45) is 2.13. The average Bonchev–Trinajstić information content (AvgIpc) is 2.17. The standard InChI is InChI=1S/C13H16N2/c1-10(2)6-7-15-13-5-4-12(9-14)11(3)8-13/h4-6,8,15H,7H2,1-3H3. The topological polar surface area (TPSA) is 35.8 Å². The molecule has 1 N–H and O–H groups in total. The van der Waals surface area contributed by atoms with Gasteiger partial charge in [-0.25, -0.2) is 0 Å². The Morgan fingerprint density at radius 2 is 2.20 bits per heavy atom. The van der Waals surface area contributed by atoms with Gasteiger partial charge in [-0.3, -0.25) is 0 Å². The number of benzene rings is 1. The second-order valence-corrected chi connectivity index (χ2v) is 3.80. The number of nitrogens with one attached hydrogen (secondary N) is 1. The maximum atomic E-state index is 8.78. The van der Waals surface area contributed by atoms with Crippen molar-refractivity contribution >= 4 is 5.69 Å². The molecule has 0 aromatic heterocycles. The highest BCUT2D eigenvalue weighted by atomic mass is 14.9. The number of aryl methyl sites for hydroxylation is 1. The summed E-state index contributed by atoms with van der Waals surface area (Å²) in [6, 6.07) is 7.94. The number of allylic oxidation sites excluding steroid dienone is 1. The fraction of sp³-hybridized carbons (Fsp3) is 0.308. The van der Waals surface area contributed by atoms with Crippen LogP contribution >= 0.6 is 0 Å². The third-order valence-corrected chi connectivity index (χ3v) is 2.16. The van der Waals surface area contributed by atoms with E-state index in [1.807, 2.05) is 25.1 Å². The first kappa shape index (κ1) is 11.3. The average molecular weight is 200 g/mol. The fourth-order valence-electron chi connectivity index (χ4n) is 1.27. The number of hydrogen-bond acceptors (Lipinski definition) is 2. The molecule has 0 amide bonds. The van der Waals surface area contributed by atoms with E-state index in [0.717, 1.165) is 23.4 Å². The van der Waals surface area contributed by atoms with Crippen molar-refractivity contribution < 1.29 is 0 Å². The summed E-state index contributed by atoms with van der Waals surface area (Å²) in [5, 5.41) is 12.1. The zero-order valence-electron chi connectivity index (χ0n) is 9.46. The Morgan fingerprint density at radius 1 is 1.47 bits per heavy atom. The highest BCUT2D eigenvalue weighted by molar-refractivity contribution is 5.51. The first-order chi connectivity index (χ1) is 7.13. The molecule has 78 valence electrons. The van der Waals surface area contributed by atoms with Crippen molar-refractivity contribution in [1.82, 2.24) is 0 Å². The van der Waals surface area contributed by atoms with Gasteiger partial charge in [0.2, 0.25) is 0 Å². The van der Waals surface area contributed by atoms with Gasteiger partial charge in [0, 0.05) is 12.2 Å². The molecule has 15 heavy (non-hydrogen) atoms. The van der Waals surface area contributed by atoms with Crippen LogP contribution in [-0.4, -0.2) is 6.54 Å². The molecule has 0 radical (unpaired) electrons. The molecule has 1 aromatic carbocycles. The molecule has 0 aliphatic rings. The zero-order valence-corrected chi connectivity index (χ0v) is 9.46. The highest BCUT2D eigenvalue weighted by Crippen LogP contribution is 2.14. The van der Waals surface area contributed by atoms with E-state index in [1.54, 1.807) is 0 Å². The molecule has 0 fully saturated rings. The SMILES string of the molecule is CC(C)=CCNc1ccc(C#N)c(C)c1. The molecule has 0 bridgehead atoms. The molecule has 0 saturated carbocycles. The lowest BCUT2D eigenvalue weighted by Gasteiger charge is -2.05. The first-order valence-electron chi connectivity index (χ1n) is 5.01. The van der Waals surface area contributed by atoms with Gasteiger partial charge < -0.3 is 5.32 Å². The highest BCUT2D eigenvalue weighted by Gasteiger charge is 1.97. The van der Waals surface area contributed by atoms with Crippen LogP contribution in [0.5, 0.6) is 0 Å². The van der Waals surface area contributed by atoms with Crippen LogP contribution in [0.25, 0.3) is 0 Å². The van der Waals surface area contributed by atoms with Crippen molar-refractivity contribution in [3.8, 4) is 6.07 Å². The molecule has 0 heterocycles. The molecule has 0 spiro atoms. The van der Waals surface area contributed by atoms with Crippen LogP contribution < -0.4 is 5.32 Å². The predicted octanol–water partition coefficient (Wildman–Crippen LogP) is 3.24. The molecule has 0 unspecified atom stereocenters. The lowest BCUT2D eigenvalue weighted by Crippen LogP contribution is -1.99. The van der Waals surface area contributed by atoms with Crippen molar-refractivity contribution in [3.63, 3.8) is 0 Å².